The second-order valence-electron chi connectivity index (χ2n) is 5.81. The number of methoxy groups -OCH3 is 1. The summed E-state index contributed by atoms with van der Waals surface area (Å²) in [5, 5.41) is 1.15. The summed E-state index contributed by atoms with van der Waals surface area (Å²) >= 11 is 0. The van der Waals surface area contributed by atoms with Crippen molar-refractivity contribution >= 4 is 16.5 Å². The summed E-state index contributed by atoms with van der Waals surface area (Å²) in [4.78, 5) is 8.93. The molecule has 1 aliphatic rings. The van der Waals surface area contributed by atoms with E-state index in [1.165, 1.54) is 24.1 Å². The molecule has 0 spiro atoms. The van der Waals surface area contributed by atoms with Crippen molar-refractivity contribution in [1.82, 2.24) is 14.5 Å². The first-order valence-electron chi connectivity index (χ1n) is 8.03. The number of fused-ring (bicyclic) bond motifs is 1. The molecule has 4 nitrogen and oxygen atoms in total. The summed E-state index contributed by atoms with van der Waals surface area (Å²) in [6.07, 6.45) is 10.7. The average molecular weight is 305 g/mol. The van der Waals surface area contributed by atoms with Crippen molar-refractivity contribution in [1.29, 1.82) is 0 Å². The Bertz CT molecular complexity index is 865. The van der Waals surface area contributed by atoms with Gasteiger partial charge in [0, 0.05) is 17.8 Å². The van der Waals surface area contributed by atoms with Crippen molar-refractivity contribution in [2.45, 2.75) is 25.7 Å². The van der Waals surface area contributed by atoms with Crippen molar-refractivity contribution in [3.05, 3.63) is 54.5 Å². The van der Waals surface area contributed by atoms with Crippen LogP contribution in [-0.4, -0.2) is 21.6 Å². The SMILES string of the molecule is COc1ccc2c(c1)cc(C1=CCCCC1)n2-c1ncccn1. The standard InChI is InChI=1S/C19H19N3O/c1-23-16-8-9-17-15(12-16)13-18(14-6-3-2-4-7-14)22(17)19-20-10-5-11-21-19/h5-6,8-13H,2-4,7H2,1H3. The Kier molecular flexibility index (Phi) is 3.58. The van der Waals surface area contributed by atoms with E-state index in [1.807, 2.05) is 12.1 Å². The summed E-state index contributed by atoms with van der Waals surface area (Å²) in [6, 6.07) is 10.2. The predicted molar refractivity (Wildman–Crippen MR) is 91.9 cm³/mol. The molecule has 4 heteroatoms. The van der Waals surface area contributed by atoms with Crippen LogP contribution in [0.15, 0.2) is 48.8 Å². The number of rotatable bonds is 3. The maximum Gasteiger partial charge on any atom is 0.234 e. The van der Waals surface area contributed by atoms with E-state index in [0.29, 0.717) is 5.95 Å². The molecule has 0 N–H and O–H groups in total. The molecular formula is C19H19N3O. The summed E-state index contributed by atoms with van der Waals surface area (Å²) < 4.78 is 7.53. The van der Waals surface area contributed by atoms with E-state index < -0.39 is 0 Å². The lowest BCUT2D eigenvalue weighted by atomic mass is 9.97. The van der Waals surface area contributed by atoms with Crippen LogP contribution in [0, 0.1) is 0 Å². The molecule has 0 radical (unpaired) electrons. The highest BCUT2D eigenvalue weighted by Crippen LogP contribution is 2.34. The molecule has 1 aliphatic carbocycles. The van der Waals surface area contributed by atoms with Crippen LogP contribution in [0.2, 0.25) is 0 Å². The minimum atomic E-state index is 0.717. The third kappa shape index (κ3) is 2.50. The second kappa shape index (κ2) is 5.88. The summed E-state index contributed by atoms with van der Waals surface area (Å²) in [6.45, 7) is 0. The molecule has 0 aliphatic heterocycles. The largest absolute Gasteiger partial charge is 0.497 e. The van der Waals surface area contributed by atoms with Gasteiger partial charge < -0.3 is 4.74 Å². The zero-order chi connectivity index (χ0) is 15.6. The van der Waals surface area contributed by atoms with Gasteiger partial charge >= 0.3 is 0 Å². The molecule has 3 aromatic rings. The highest BCUT2D eigenvalue weighted by Gasteiger charge is 2.17. The van der Waals surface area contributed by atoms with E-state index in [0.717, 1.165) is 29.5 Å². The molecule has 0 unspecified atom stereocenters. The monoisotopic (exact) mass is 305 g/mol. The molecule has 116 valence electrons. The van der Waals surface area contributed by atoms with Crippen LogP contribution in [-0.2, 0) is 0 Å². The van der Waals surface area contributed by atoms with Crippen molar-refractivity contribution in [2.75, 3.05) is 7.11 Å². The number of nitrogens with zero attached hydrogens (tertiary/aromatic N) is 3. The van der Waals surface area contributed by atoms with E-state index in [1.54, 1.807) is 19.5 Å². The Hall–Kier alpha value is -2.62. The minimum Gasteiger partial charge on any atom is -0.497 e. The van der Waals surface area contributed by atoms with E-state index >= 15 is 0 Å². The van der Waals surface area contributed by atoms with Gasteiger partial charge in [0.15, 0.2) is 0 Å². The number of aromatic nitrogens is 3. The van der Waals surface area contributed by atoms with Crippen molar-refractivity contribution in [3.63, 3.8) is 0 Å². The van der Waals surface area contributed by atoms with Crippen molar-refractivity contribution in [3.8, 4) is 11.7 Å². The van der Waals surface area contributed by atoms with Gasteiger partial charge in [0.2, 0.25) is 5.95 Å². The molecule has 1 aromatic carbocycles. The highest BCUT2D eigenvalue weighted by atomic mass is 16.5. The molecule has 0 saturated carbocycles. The fraction of sp³-hybridized carbons (Fsp3) is 0.263. The van der Waals surface area contributed by atoms with E-state index in [9.17, 15) is 0 Å². The first kappa shape index (κ1) is 14.0. The molecule has 2 heterocycles. The Morgan fingerprint density at radius 3 is 2.70 bits per heavy atom. The van der Waals surface area contributed by atoms with Gasteiger partial charge in [0.1, 0.15) is 5.75 Å². The summed E-state index contributed by atoms with van der Waals surface area (Å²) in [7, 11) is 1.70. The smallest absolute Gasteiger partial charge is 0.234 e. The number of hydrogen-bond acceptors (Lipinski definition) is 3. The molecular weight excluding hydrogens is 286 g/mol. The number of benzene rings is 1. The van der Waals surface area contributed by atoms with Gasteiger partial charge in [-0.05, 0) is 61.6 Å². The normalized spacial score (nSPS) is 14.7. The number of hydrogen-bond donors (Lipinski definition) is 0. The Balaban J connectivity index is 1.98. The molecule has 0 bridgehead atoms. The number of ether oxygens (including phenoxy) is 1. The van der Waals surface area contributed by atoms with Gasteiger partial charge in [-0.1, -0.05) is 6.08 Å². The first-order valence-corrected chi connectivity index (χ1v) is 8.03. The lowest BCUT2D eigenvalue weighted by Gasteiger charge is -2.15. The Morgan fingerprint density at radius 2 is 1.96 bits per heavy atom. The molecule has 0 fully saturated rings. The maximum atomic E-state index is 5.37. The Labute approximate surface area is 135 Å². The molecule has 2 aromatic heterocycles. The lowest BCUT2D eigenvalue weighted by Crippen LogP contribution is -2.05. The lowest BCUT2D eigenvalue weighted by molar-refractivity contribution is 0.415. The summed E-state index contributed by atoms with van der Waals surface area (Å²) in [5.41, 5.74) is 3.69. The molecule has 0 amide bonds. The topological polar surface area (TPSA) is 39.9 Å². The van der Waals surface area contributed by atoms with Crippen LogP contribution < -0.4 is 4.74 Å². The zero-order valence-electron chi connectivity index (χ0n) is 13.2. The maximum absolute atomic E-state index is 5.37. The van der Waals surface area contributed by atoms with Crippen LogP contribution in [0.4, 0.5) is 0 Å². The first-order chi connectivity index (χ1) is 11.4. The van der Waals surface area contributed by atoms with Gasteiger partial charge in [-0.15, -0.1) is 0 Å². The van der Waals surface area contributed by atoms with Crippen LogP contribution in [0.25, 0.3) is 22.4 Å². The second-order valence-corrected chi connectivity index (χ2v) is 5.81. The molecule has 0 saturated heterocycles. The summed E-state index contributed by atoms with van der Waals surface area (Å²) in [5.74, 6) is 1.59. The minimum absolute atomic E-state index is 0.717. The third-order valence-corrected chi connectivity index (χ3v) is 4.38. The van der Waals surface area contributed by atoms with Crippen LogP contribution in [0.1, 0.15) is 31.4 Å². The van der Waals surface area contributed by atoms with Gasteiger partial charge in [0.05, 0.1) is 18.3 Å². The average Bonchev–Trinajstić information content (AvgIpc) is 3.01. The fourth-order valence-electron chi connectivity index (χ4n) is 3.25. The van der Waals surface area contributed by atoms with Crippen LogP contribution in [0.3, 0.4) is 0 Å². The van der Waals surface area contributed by atoms with Gasteiger partial charge in [0.25, 0.3) is 0 Å². The molecule has 4 rings (SSSR count). The van der Waals surface area contributed by atoms with E-state index in [2.05, 4.69) is 38.8 Å². The van der Waals surface area contributed by atoms with E-state index in [4.69, 9.17) is 4.74 Å². The fourth-order valence-corrected chi connectivity index (χ4v) is 3.25. The van der Waals surface area contributed by atoms with Gasteiger partial charge in [-0.2, -0.15) is 0 Å². The number of allylic oxidation sites excluding steroid dienone is 2. The highest BCUT2D eigenvalue weighted by molar-refractivity contribution is 5.88. The van der Waals surface area contributed by atoms with Crippen molar-refractivity contribution < 1.29 is 4.74 Å². The van der Waals surface area contributed by atoms with Gasteiger partial charge in [-0.3, -0.25) is 4.57 Å². The van der Waals surface area contributed by atoms with Crippen molar-refractivity contribution in [2.24, 2.45) is 0 Å². The predicted octanol–water partition coefficient (Wildman–Crippen LogP) is 4.39. The molecule has 0 atom stereocenters. The zero-order valence-corrected chi connectivity index (χ0v) is 13.2. The Morgan fingerprint density at radius 1 is 1.09 bits per heavy atom. The third-order valence-electron chi connectivity index (χ3n) is 4.38. The van der Waals surface area contributed by atoms with Gasteiger partial charge in [-0.25, -0.2) is 9.97 Å². The molecule has 23 heavy (non-hydrogen) atoms. The quantitative estimate of drug-likeness (QED) is 0.720. The van der Waals surface area contributed by atoms with Crippen LogP contribution in [0.5, 0.6) is 5.75 Å². The van der Waals surface area contributed by atoms with Crippen LogP contribution >= 0.6 is 0 Å². The van der Waals surface area contributed by atoms with E-state index in [-0.39, 0.29) is 0 Å².